The van der Waals surface area contributed by atoms with Crippen molar-refractivity contribution in [3.05, 3.63) is 114 Å². The highest BCUT2D eigenvalue weighted by molar-refractivity contribution is 14.1. The maximum Gasteiger partial charge on any atom is 0.253 e. The van der Waals surface area contributed by atoms with E-state index < -0.39 is 0 Å². The van der Waals surface area contributed by atoms with Crippen molar-refractivity contribution < 1.29 is 18.4 Å². The highest BCUT2D eigenvalue weighted by Crippen LogP contribution is 2.27. The van der Waals surface area contributed by atoms with E-state index in [1.807, 2.05) is 57.2 Å². The van der Waals surface area contributed by atoms with Crippen molar-refractivity contribution >= 4 is 79.7 Å². The van der Waals surface area contributed by atoms with E-state index in [0.717, 1.165) is 29.6 Å². The maximum atomic E-state index is 13.5. The quantitative estimate of drug-likeness (QED) is 0.143. The van der Waals surface area contributed by atoms with Gasteiger partial charge in [-0.1, -0.05) is 0 Å². The van der Waals surface area contributed by atoms with Gasteiger partial charge in [0.1, 0.15) is 11.6 Å². The molecule has 0 heterocycles. The lowest BCUT2D eigenvalue weighted by atomic mass is 10.1. The molecule has 0 aliphatic rings. The predicted molar refractivity (Wildman–Crippen MR) is 179 cm³/mol. The van der Waals surface area contributed by atoms with E-state index in [4.69, 9.17) is 0 Å². The molecule has 4 aromatic carbocycles. The number of carbonyl (C=O) groups excluding carboxylic acids is 2. The van der Waals surface area contributed by atoms with Crippen LogP contribution in [-0.2, 0) is 0 Å². The third-order valence-electron chi connectivity index (χ3n) is 5.93. The van der Waals surface area contributed by atoms with Crippen LogP contribution < -0.4 is 21.3 Å². The molecule has 4 N–H and O–H groups in total. The zero-order valence-electron chi connectivity index (χ0n) is 23.0. The Morgan fingerprint density at radius 1 is 0.659 bits per heavy atom. The van der Waals surface area contributed by atoms with Gasteiger partial charge in [-0.25, -0.2) is 8.78 Å². The Labute approximate surface area is 266 Å². The summed E-state index contributed by atoms with van der Waals surface area (Å²) < 4.78 is 29.1. The molecule has 10 heteroatoms. The van der Waals surface area contributed by atoms with E-state index in [1.54, 1.807) is 7.05 Å². The summed E-state index contributed by atoms with van der Waals surface area (Å²) in [4.78, 5) is 23.8. The first-order chi connectivity index (χ1) is 19.5. The fourth-order valence-electron chi connectivity index (χ4n) is 3.85. The summed E-state index contributed by atoms with van der Waals surface area (Å²) in [5.41, 5.74) is 5.52. The number of aryl methyl sites for hydroxylation is 2. The Morgan fingerprint density at radius 3 is 1.49 bits per heavy atom. The van der Waals surface area contributed by atoms with Gasteiger partial charge >= 0.3 is 0 Å². The Morgan fingerprint density at radius 2 is 1.10 bits per heavy atom. The molecule has 214 valence electrons. The molecule has 0 spiro atoms. The average Bonchev–Trinajstić information content (AvgIpc) is 2.92. The van der Waals surface area contributed by atoms with Gasteiger partial charge in [-0.05, 0) is 150 Å². The second kappa shape index (κ2) is 15.1. The molecular weight excluding hydrogens is 752 g/mol. The highest BCUT2D eigenvalue weighted by Gasteiger charge is 2.14. The first kappa shape index (κ1) is 32.3. The lowest BCUT2D eigenvalue weighted by Gasteiger charge is -2.14. The first-order valence-corrected chi connectivity index (χ1v) is 14.8. The van der Waals surface area contributed by atoms with E-state index in [2.05, 4.69) is 66.4 Å². The lowest BCUT2D eigenvalue weighted by molar-refractivity contribution is 0.0951. The third-order valence-corrected chi connectivity index (χ3v) is 7.27. The molecule has 0 unspecified atom stereocenters. The fourth-order valence-corrected chi connectivity index (χ4v) is 5.14. The molecule has 41 heavy (non-hydrogen) atoms. The number of rotatable bonds is 7. The molecule has 0 aromatic heterocycles. The average molecular weight is 782 g/mol. The van der Waals surface area contributed by atoms with Gasteiger partial charge in [-0.3, -0.25) is 9.59 Å². The van der Waals surface area contributed by atoms with Gasteiger partial charge in [0.15, 0.2) is 0 Å². The summed E-state index contributed by atoms with van der Waals surface area (Å²) in [7, 11) is 1.55. The largest absolute Gasteiger partial charge is 0.355 e. The Kier molecular flexibility index (Phi) is 11.9. The van der Waals surface area contributed by atoms with Gasteiger partial charge in [0.05, 0.1) is 22.5 Å². The predicted octanol–water partition coefficient (Wildman–Crippen LogP) is 8.07. The molecule has 0 bridgehead atoms. The van der Waals surface area contributed by atoms with Crippen LogP contribution in [0.25, 0.3) is 0 Å². The molecule has 0 atom stereocenters. The number of hydrogen-bond acceptors (Lipinski definition) is 4. The number of benzene rings is 4. The fraction of sp³-hybridized carbons (Fsp3) is 0.161. The minimum atomic E-state index is -0.386. The SMILES string of the molecule is CCNC(=O)c1ccc(F)cc1Nc1ccc(I)cc1C.CNC(=O)c1ccc(F)cc1Nc1ccc(I)cc1C. The molecule has 0 saturated carbocycles. The van der Waals surface area contributed by atoms with Crippen molar-refractivity contribution in [2.75, 3.05) is 24.2 Å². The van der Waals surface area contributed by atoms with Crippen molar-refractivity contribution in [2.24, 2.45) is 0 Å². The van der Waals surface area contributed by atoms with Gasteiger partial charge in [0, 0.05) is 32.1 Å². The Balaban J connectivity index is 0.000000226. The van der Waals surface area contributed by atoms with Crippen molar-refractivity contribution in [3.8, 4) is 0 Å². The van der Waals surface area contributed by atoms with E-state index in [9.17, 15) is 18.4 Å². The smallest absolute Gasteiger partial charge is 0.253 e. The molecule has 0 fully saturated rings. The van der Waals surface area contributed by atoms with Crippen LogP contribution >= 0.6 is 45.2 Å². The molecular formula is C31H30F2I2N4O2. The van der Waals surface area contributed by atoms with Crippen LogP contribution in [0.4, 0.5) is 31.5 Å². The molecule has 4 rings (SSSR count). The first-order valence-electron chi connectivity index (χ1n) is 12.7. The molecule has 0 saturated heterocycles. The van der Waals surface area contributed by atoms with E-state index in [0.29, 0.717) is 29.0 Å². The second-order valence-electron chi connectivity index (χ2n) is 8.99. The zero-order chi connectivity index (χ0) is 30.1. The standard InChI is InChI=1S/C16H16FIN2O.C15H14FIN2O/c1-3-19-16(21)13-6-4-11(17)9-15(13)20-14-7-5-12(18)8-10(14)2;1-9-7-11(17)4-6-13(9)19-14-8-10(16)3-5-12(14)15(20)18-2/h4-9,20H,3H2,1-2H3,(H,19,21);3-8,19H,1-2H3,(H,18,20). The Bertz CT molecular complexity index is 1560. The lowest BCUT2D eigenvalue weighted by Crippen LogP contribution is -2.23. The maximum absolute atomic E-state index is 13.5. The summed E-state index contributed by atoms with van der Waals surface area (Å²) in [5.74, 6) is -1.24. The summed E-state index contributed by atoms with van der Waals surface area (Å²) in [5, 5.41) is 11.5. The highest BCUT2D eigenvalue weighted by atomic mass is 127. The zero-order valence-corrected chi connectivity index (χ0v) is 27.3. The van der Waals surface area contributed by atoms with Crippen molar-refractivity contribution in [3.63, 3.8) is 0 Å². The number of nitrogens with one attached hydrogen (secondary N) is 4. The number of carbonyl (C=O) groups is 2. The van der Waals surface area contributed by atoms with Crippen molar-refractivity contribution in [2.45, 2.75) is 20.8 Å². The number of amides is 2. The van der Waals surface area contributed by atoms with Gasteiger partial charge < -0.3 is 21.3 Å². The van der Waals surface area contributed by atoms with Crippen molar-refractivity contribution in [1.82, 2.24) is 10.6 Å². The number of hydrogen-bond donors (Lipinski definition) is 4. The molecule has 4 aromatic rings. The Hall–Kier alpha value is -3.26. The van der Waals surface area contributed by atoms with Crippen LogP contribution in [0.3, 0.4) is 0 Å². The summed E-state index contributed by atoms with van der Waals surface area (Å²) in [6.45, 7) is 6.30. The topological polar surface area (TPSA) is 82.3 Å². The van der Waals surface area contributed by atoms with Crippen LogP contribution in [0.1, 0.15) is 38.8 Å². The van der Waals surface area contributed by atoms with E-state index in [1.165, 1.54) is 36.4 Å². The van der Waals surface area contributed by atoms with E-state index in [-0.39, 0.29) is 23.4 Å². The van der Waals surface area contributed by atoms with Crippen LogP contribution in [0.15, 0.2) is 72.8 Å². The van der Waals surface area contributed by atoms with Crippen LogP contribution in [-0.4, -0.2) is 25.4 Å². The molecule has 0 radical (unpaired) electrons. The summed E-state index contributed by atoms with van der Waals surface area (Å²) >= 11 is 4.46. The molecule has 0 aliphatic heterocycles. The van der Waals surface area contributed by atoms with Gasteiger partial charge in [0.25, 0.3) is 11.8 Å². The third kappa shape index (κ3) is 9.12. The number of anilines is 4. The summed E-state index contributed by atoms with van der Waals surface area (Å²) in [6.07, 6.45) is 0. The minimum absolute atomic E-state index is 0.219. The monoisotopic (exact) mass is 782 g/mol. The van der Waals surface area contributed by atoms with Gasteiger partial charge in [-0.2, -0.15) is 0 Å². The van der Waals surface area contributed by atoms with Crippen LogP contribution in [0, 0.1) is 32.6 Å². The summed E-state index contributed by atoms with van der Waals surface area (Å²) in [6, 6.07) is 20.0. The normalized spacial score (nSPS) is 10.2. The number of halogens is 4. The van der Waals surface area contributed by atoms with Crippen LogP contribution in [0.5, 0.6) is 0 Å². The second-order valence-corrected chi connectivity index (χ2v) is 11.5. The van der Waals surface area contributed by atoms with Gasteiger partial charge in [-0.15, -0.1) is 0 Å². The molecule has 2 amide bonds. The van der Waals surface area contributed by atoms with Crippen molar-refractivity contribution in [1.29, 1.82) is 0 Å². The molecule has 6 nitrogen and oxygen atoms in total. The minimum Gasteiger partial charge on any atom is -0.355 e. The molecule has 0 aliphatic carbocycles. The van der Waals surface area contributed by atoms with Gasteiger partial charge in [0.2, 0.25) is 0 Å². The van der Waals surface area contributed by atoms with E-state index >= 15 is 0 Å². The van der Waals surface area contributed by atoms with Crippen LogP contribution in [0.2, 0.25) is 0 Å².